The van der Waals surface area contributed by atoms with Crippen LogP contribution in [0, 0.1) is 13.8 Å². The molecule has 0 aliphatic carbocycles. The van der Waals surface area contributed by atoms with Crippen molar-refractivity contribution >= 4 is 22.7 Å². The smallest absolute Gasteiger partial charge is 0.134 e. The van der Waals surface area contributed by atoms with Crippen molar-refractivity contribution in [2.75, 3.05) is 0 Å². The molecule has 86 valence electrons. The third-order valence-corrected chi connectivity index (χ3v) is 4.13. The molecule has 1 unspecified atom stereocenters. The molecule has 16 heavy (non-hydrogen) atoms. The van der Waals surface area contributed by atoms with Gasteiger partial charge < -0.3 is 5.32 Å². The zero-order chi connectivity index (χ0) is 11.5. The Balaban J connectivity index is 1.91. The highest BCUT2D eigenvalue weighted by molar-refractivity contribution is 7.11. The average Bonchev–Trinajstić information content (AvgIpc) is 2.84. The highest BCUT2D eigenvalue weighted by Gasteiger charge is 2.10. The van der Waals surface area contributed by atoms with E-state index in [9.17, 15) is 0 Å². The molecular weight excluding hydrogens is 240 g/mol. The Morgan fingerprint density at radius 3 is 2.75 bits per heavy atom. The van der Waals surface area contributed by atoms with E-state index < -0.39 is 0 Å². The lowest BCUT2D eigenvalue weighted by atomic mass is 10.3. The summed E-state index contributed by atoms with van der Waals surface area (Å²) < 4.78 is 0. The molecule has 0 amide bonds. The molecule has 0 aromatic carbocycles. The Labute approximate surface area is 103 Å². The van der Waals surface area contributed by atoms with Gasteiger partial charge in [0.1, 0.15) is 15.0 Å². The third-order valence-electron chi connectivity index (χ3n) is 2.14. The molecule has 0 radical (unpaired) electrons. The molecule has 0 fully saturated rings. The summed E-state index contributed by atoms with van der Waals surface area (Å²) in [6, 6.07) is 0.232. The maximum Gasteiger partial charge on any atom is 0.134 e. The highest BCUT2D eigenvalue weighted by Crippen LogP contribution is 2.17. The van der Waals surface area contributed by atoms with E-state index in [0.717, 1.165) is 27.3 Å². The lowest BCUT2D eigenvalue weighted by molar-refractivity contribution is 0.565. The second-order valence-electron chi connectivity index (χ2n) is 3.64. The number of aromatic nitrogens is 3. The van der Waals surface area contributed by atoms with Gasteiger partial charge >= 0.3 is 0 Å². The van der Waals surface area contributed by atoms with Crippen LogP contribution in [0.25, 0.3) is 0 Å². The van der Waals surface area contributed by atoms with Crippen LogP contribution < -0.4 is 5.32 Å². The molecule has 0 bridgehead atoms. The van der Waals surface area contributed by atoms with Gasteiger partial charge in [-0.1, -0.05) is 0 Å². The summed E-state index contributed by atoms with van der Waals surface area (Å²) in [6.07, 6.45) is 0. The fourth-order valence-electron chi connectivity index (χ4n) is 1.30. The number of thiazole rings is 1. The summed E-state index contributed by atoms with van der Waals surface area (Å²) in [5.74, 6) is 0. The van der Waals surface area contributed by atoms with Gasteiger partial charge in [-0.15, -0.1) is 32.9 Å². The fraction of sp³-hybridized carbons (Fsp3) is 0.500. The predicted octanol–water partition coefficient (Wildman–Crippen LogP) is 2.46. The summed E-state index contributed by atoms with van der Waals surface area (Å²) in [4.78, 5) is 4.40. The van der Waals surface area contributed by atoms with Crippen LogP contribution in [-0.2, 0) is 6.54 Å². The van der Waals surface area contributed by atoms with E-state index in [1.165, 1.54) is 0 Å². The Kier molecular flexibility index (Phi) is 3.63. The zero-order valence-corrected chi connectivity index (χ0v) is 11.2. The van der Waals surface area contributed by atoms with Crippen molar-refractivity contribution in [3.63, 3.8) is 0 Å². The number of hydrogen-bond donors (Lipinski definition) is 1. The normalized spacial score (nSPS) is 12.9. The van der Waals surface area contributed by atoms with Gasteiger partial charge in [0, 0.05) is 17.6 Å². The molecule has 2 heterocycles. The standard InChI is InChI=1S/C10H14N4S2/c1-6-5-15-9(12-6)4-11-7(2)10-14-13-8(3)16-10/h5,7,11H,4H2,1-3H3. The quantitative estimate of drug-likeness (QED) is 0.910. The lowest BCUT2D eigenvalue weighted by Gasteiger charge is -2.08. The van der Waals surface area contributed by atoms with Gasteiger partial charge in [-0.3, -0.25) is 0 Å². The predicted molar refractivity (Wildman–Crippen MR) is 66.8 cm³/mol. The van der Waals surface area contributed by atoms with Crippen molar-refractivity contribution in [2.45, 2.75) is 33.4 Å². The molecule has 0 aliphatic heterocycles. The molecule has 2 aromatic heterocycles. The molecule has 4 nitrogen and oxygen atoms in total. The first-order valence-corrected chi connectivity index (χ1v) is 6.79. The van der Waals surface area contributed by atoms with Gasteiger partial charge in [-0.25, -0.2) is 4.98 Å². The minimum Gasteiger partial charge on any atom is -0.302 e. The van der Waals surface area contributed by atoms with Crippen LogP contribution in [0.15, 0.2) is 5.38 Å². The second-order valence-corrected chi connectivity index (χ2v) is 5.80. The van der Waals surface area contributed by atoms with Crippen LogP contribution in [0.3, 0.4) is 0 Å². The van der Waals surface area contributed by atoms with E-state index in [1.54, 1.807) is 22.7 Å². The molecule has 2 rings (SSSR count). The van der Waals surface area contributed by atoms with Crippen LogP contribution in [0.2, 0.25) is 0 Å². The minimum atomic E-state index is 0.232. The van der Waals surface area contributed by atoms with E-state index >= 15 is 0 Å². The molecule has 0 saturated heterocycles. The van der Waals surface area contributed by atoms with Crippen LogP contribution >= 0.6 is 22.7 Å². The molecule has 2 aromatic rings. The monoisotopic (exact) mass is 254 g/mol. The SMILES string of the molecule is Cc1csc(CNC(C)c2nnc(C)s2)n1. The van der Waals surface area contributed by atoms with E-state index in [1.807, 2.05) is 13.8 Å². The van der Waals surface area contributed by atoms with E-state index in [4.69, 9.17) is 0 Å². The number of rotatable bonds is 4. The Morgan fingerprint density at radius 2 is 2.19 bits per heavy atom. The zero-order valence-electron chi connectivity index (χ0n) is 9.52. The third kappa shape index (κ3) is 2.84. The average molecular weight is 254 g/mol. The van der Waals surface area contributed by atoms with Gasteiger partial charge in [-0.2, -0.15) is 0 Å². The molecule has 1 atom stereocenters. The maximum atomic E-state index is 4.40. The van der Waals surface area contributed by atoms with Crippen LogP contribution in [-0.4, -0.2) is 15.2 Å². The van der Waals surface area contributed by atoms with E-state index in [0.29, 0.717) is 0 Å². The van der Waals surface area contributed by atoms with Gasteiger partial charge in [-0.05, 0) is 20.8 Å². The van der Waals surface area contributed by atoms with Gasteiger partial charge in [0.05, 0.1) is 6.04 Å². The van der Waals surface area contributed by atoms with Gasteiger partial charge in [0.15, 0.2) is 0 Å². The molecule has 1 N–H and O–H groups in total. The molecule has 0 aliphatic rings. The van der Waals surface area contributed by atoms with Crippen molar-refractivity contribution in [2.24, 2.45) is 0 Å². The lowest BCUT2D eigenvalue weighted by Crippen LogP contribution is -2.17. The molecular formula is C10H14N4S2. The van der Waals surface area contributed by atoms with Crippen molar-refractivity contribution < 1.29 is 0 Å². The summed E-state index contributed by atoms with van der Waals surface area (Å²) in [5, 5.41) is 16.8. The minimum absolute atomic E-state index is 0.232. The second kappa shape index (κ2) is 4.99. The summed E-state index contributed by atoms with van der Waals surface area (Å²) >= 11 is 3.32. The fourth-order valence-corrected chi connectivity index (χ4v) is 2.75. The summed E-state index contributed by atoms with van der Waals surface area (Å²) in [7, 11) is 0. The Morgan fingerprint density at radius 1 is 1.38 bits per heavy atom. The van der Waals surface area contributed by atoms with Gasteiger partial charge in [0.2, 0.25) is 0 Å². The van der Waals surface area contributed by atoms with Crippen LogP contribution in [0.5, 0.6) is 0 Å². The van der Waals surface area contributed by atoms with Gasteiger partial charge in [0.25, 0.3) is 0 Å². The first-order valence-electron chi connectivity index (χ1n) is 5.09. The van der Waals surface area contributed by atoms with Crippen LogP contribution in [0.4, 0.5) is 0 Å². The largest absolute Gasteiger partial charge is 0.302 e. The Bertz CT molecular complexity index is 463. The number of nitrogens with zero attached hydrogens (tertiary/aromatic N) is 3. The van der Waals surface area contributed by atoms with Crippen molar-refractivity contribution in [1.82, 2.24) is 20.5 Å². The molecule has 6 heteroatoms. The van der Waals surface area contributed by atoms with Crippen LogP contribution in [0.1, 0.15) is 33.7 Å². The summed E-state index contributed by atoms with van der Waals surface area (Å²) in [6.45, 7) is 6.87. The number of hydrogen-bond acceptors (Lipinski definition) is 6. The summed E-state index contributed by atoms with van der Waals surface area (Å²) in [5.41, 5.74) is 1.08. The topological polar surface area (TPSA) is 50.7 Å². The van der Waals surface area contributed by atoms with Crippen molar-refractivity contribution in [3.05, 3.63) is 26.1 Å². The van der Waals surface area contributed by atoms with E-state index in [2.05, 4.69) is 32.8 Å². The van der Waals surface area contributed by atoms with Crippen molar-refractivity contribution in [1.29, 1.82) is 0 Å². The number of nitrogens with one attached hydrogen (secondary N) is 1. The maximum absolute atomic E-state index is 4.40. The number of aryl methyl sites for hydroxylation is 2. The van der Waals surface area contributed by atoms with Crippen molar-refractivity contribution in [3.8, 4) is 0 Å². The molecule has 0 spiro atoms. The highest BCUT2D eigenvalue weighted by atomic mass is 32.1. The first-order chi connectivity index (χ1) is 7.65. The van der Waals surface area contributed by atoms with E-state index in [-0.39, 0.29) is 6.04 Å². The first kappa shape index (κ1) is 11.6. The molecule has 0 saturated carbocycles. The Hall–Kier alpha value is -0.850.